The van der Waals surface area contributed by atoms with Gasteiger partial charge in [0.15, 0.2) is 0 Å². The molecule has 3 aromatic rings. The molecule has 0 spiro atoms. The number of nitrogens with one attached hydrogen (secondary N) is 1. The van der Waals surface area contributed by atoms with E-state index in [-0.39, 0.29) is 23.8 Å². The van der Waals surface area contributed by atoms with Crippen molar-refractivity contribution < 1.29 is 26.9 Å². The largest absolute Gasteiger partial charge is 0.573 e. The van der Waals surface area contributed by atoms with E-state index in [9.17, 15) is 22.2 Å². The fourth-order valence-corrected chi connectivity index (χ4v) is 4.05. The zero-order chi connectivity index (χ0) is 22.1. The number of primary amides is 1. The third kappa shape index (κ3) is 4.97. The average molecular weight is 440 g/mol. The monoisotopic (exact) mass is 440 g/mol. The van der Waals surface area contributed by atoms with Crippen molar-refractivity contribution in [1.82, 2.24) is 14.3 Å². The van der Waals surface area contributed by atoms with Gasteiger partial charge in [-0.3, -0.25) is 4.79 Å². The van der Waals surface area contributed by atoms with Gasteiger partial charge in [-0.1, -0.05) is 13.8 Å². The Hall–Kier alpha value is -2.92. The summed E-state index contributed by atoms with van der Waals surface area (Å²) in [6.07, 6.45) is -1.79. The second-order valence-electron chi connectivity index (χ2n) is 6.78. The van der Waals surface area contributed by atoms with Crippen molar-refractivity contribution >= 4 is 22.4 Å². The number of benzene rings is 1. The molecule has 0 saturated carbocycles. The summed E-state index contributed by atoms with van der Waals surface area (Å²) in [5.41, 5.74) is 7.31. The first kappa shape index (κ1) is 21.8. The Bertz CT molecular complexity index is 1110. The minimum Gasteiger partial charge on any atom is -0.406 e. The lowest BCUT2D eigenvalue weighted by Gasteiger charge is -2.16. The highest BCUT2D eigenvalue weighted by Gasteiger charge is 2.31. The van der Waals surface area contributed by atoms with E-state index in [0.717, 1.165) is 11.6 Å². The van der Waals surface area contributed by atoms with Gasteiger partial charge >= 0.3 is 6.36 Å². The highest BCUT2D eigenvalue weighted by atomic mass is 32.2. The number of carbonyl (C=O) groups is 1. The summed E-state index contributed by atoms with van der Waals surface area (Å²) in [6.45, 7) is 3.75. The van der Waals surface area contributed by atoms with Crippen LogP contribution < -0.4 is 15.2 Å². The minimum absolute atomic E-state index is 0.177. The van der Waals surface area contributed by atoms with Crippen molar-refractivity contribution in [2.24, 2.45) is 5.73 Å². The number of carbonyl (C=O) groups excluding carboxylic acids is 1. The number of alkyl halides is 3. The summed E-state index contributed by atoms with van der Waals surface area (Å²) in [4.78, 5) is 11.8. The quantitative estimate of drug-likeness (QED) is 0.589. The Balaban J connectivity index is 1.79. The molecule has 2 aromatic heterocycles. The molecule has 0 radical (unpaired) electrons. The number of ether oxygens (including phenoxy) is 1. The van der Waals surface area contributed by atoms with Crippen LogP contribution in [0.1, 0.15) is 41.3 Å². The van der Waals surface area contributed by atoms with Crippen LogP contribution in [-0.4, -0.2) is 26.1 Å². The lowest BCUT2D eigenvalue weighted by Crippen LogP contribution is -2.20. The molecule has 0 aliphatic rings. The summed E-state index contributed by atoms with van der Waals surface area (Å²) in [6, 6.07) is 7.15. The van der Waals surface area contributed by atoms with E-state index in [2.05, 4.69) is 14.6 Å². The second kappa shape index (κ2) is 8.44. The van der Waals surface area contributed by atoms with Crippen LogP contribution in [0.15, 0.2) is 47.6 Å². The Morgan fingerprint density at radius 1 is 1.30 bits per heavy atom. The Kier molecular flexibility index (Phi) is 6.13. The molecule has 30 heavy (non-hydrogen) atoms. The first-order chi connectivity index (χ1) is 14.0. The van der Waals surface area contributed by atoms with Crippen molar-refractivity contribution in [2.45, 2.75) is 37.6 Å². The summed E-state index contributed by atoms with van der Waals surface area (Å²) in [5, 5.41) is 4.03. The van der Waals surface area contributed by atoms with E-state index >= 15 is 0 Å². The molecular weight excluding hydrogens is 421 g/mol. The summed E-state index contributed by atoms with van der Waals surface area (Å²) in [7, 11) is -1.69. The van der Waals surface area contributed by atoms with Crippen molar-refractivity contribution in [3.8, 4) is 5.75 Å². The van der Waals surface area contributed by atoms with Gasteiger partial charge in [0.1, 0.15) is 16.7 Å². The third-order valence-electron chi connectivity index (χ3n) is 4.30. The van der Waals surface area contributed by atoms with E-state index in [1.807, 2.05) is 0 Å². The second-order valence-corrected chi connectivity index (χ2v) is 8.05. The number of aromatic nitrogens is 2. The predicted molar refractivity (Wildman–Crippen MR) is 104 cm³/mol. The standard InChI is InChI=1S/C19H19F3N4O3S/c1-11(2)14-8-13(29-19(20,21)22)3-4-17(14)30(28)25-9-12-5-6-26-16(7-12)15(10-24-26)18(23)27/h3-8,10-11,25H,9H2,1-2H3,(H2,23,27). The summed E-state index contributed by atoms with van der Waals surface area (Å²) < 4.78 is 58.5. The molecule has 2 heterocycles. The zero-order valence-electron chi connectivity index (χ0n) is 16.1. The number of nitrogens with two attached hydrogens (primary N) is 1. The number of halogens is 3. The molecule has 1 amide bonds. The van der Waals surface area contributed by atoms with E-state index in [4.69, 9.17) is 5.73 Å². The van der Waals surface area contributed by atoms with Gasteiger partial charge in [-0.2, -0.15) is 5.10 Å². The van der Waals surface area contributed by atoms with E-state index < -0.39 is 23.3 Å². The topological polar surface area (TPSA) is 98.7 Å². The minimum atomic E-state index is -4.80. The van der Waals surface area contributed by atoms with Crippen LogP contribution in [0.25, 0.3) is 5.52 Å². The normalized spacial score (nSPS) is 13.0. The molecule has 160 valence electrons. The number of hydrogen-bond acceptors (Lipinski definition) is 4. The molecule has 1 atom stereocenters. The van der Waals surface area contributed by atoms with Crippen molar-refractivity contribution in [1.29, 1.82) is 0 Å². The van der Waals surface area contributed by atoms with Crippen molar-refractivity contribution in [3.05, 3.63) is 59.4 Å². The van der Waals surface area contributed by atoms with Gasteiger partial charge in [-0.25, -0.2) is 13.4 Å². The first-order valence-electron chi connectivity index (χ1n) is 8.86. The van der Waals surface area contributed by atoms with E-state index in [1.165, 1.54) is 22.8 Å². The Labute approximate surface area is 172 Å². The Morgan fingerprint density at radius 3 is 2.67 bits per heavy atom. The van der Waals surface area contributed by atoms with E-state index in [0.29, 0.717) is 16.0 Å². The molecule has 0 saturated heterocycles. The van der Waals surface area contributed by atoms with Crippen molar-refractivity contribution in [2.75, 3.05) is 0 Å². The highest BCUT2D eigenvalue weighted by molar-refractivity contribution is 7.83. The van der Waals surface area contributed by atoms with Gasteiger partial charge in [0.2, 0.25) is 0 Å². The molecule has 1 unspecified atom stereocenters. The molecule has 0 aliphatic carbocycles. The maximum atomic E-state index is 12.8. The molecule has 0 bridgehead atoms. The third-order valence-corrected chi connectivity index (χ3v) is 5.47. The predicted octanol–water partition coefficient (Wildman–Crippen LogP) is 3.27. The van der Waals surface area contributed by atoms with Crippen LogP contribution in [0.5, 0.6) is 5.75 Å². The van der Waals surface area contributed by atoms with Gasteiger partial charge in [-0.05, 0) is 47.4 Å². The maximum absolute atomic E-state index is 12.8. The van der Waals surface area contributed by atoms with Crippen LogP contribution in [0.3, 0.4) is 0 Å². The Morgan fingerprint density at radius 2 is 2.03 bits per heavy atom. The molecule has 0 fully saturated rings. The van der Waals surface area contributed by atoms with Gasteiger partial charge in [-0.15, -0.1) is 13.2 Å². The molecule has 11 heteroatoms. The summed E-state index contributed by atoms with van der Waals surface area (Å²) in [5.74, 6) is -1.15. The van der Waals surface area contributed by atoms with Gasteiger partial charge < -0.3 is 10.5 Å². The van der Waals surface area contributed by atoms with Crippen LogP contribution >= 0.6 is 0 Å². The fraction of sp³-hybridized carbons (Fsp3) is 0.263. The lowest BCUT2D eigenvalue weighted by molar-refractivity contribution is -0.274. The fourth-order valence-electron chi connectivity index (χ4n) is 2.89. The highest BCUT2D eigenvalue weighted by Crippen LogP contribution is 2.30. The number of nitrogens with zero attached hydrogens (tertiary/aromatic N) is 2. The number of pyridine rings is 1. The van der Waals surface area contributed by atoms with Crippen LogP contribution in [0.2, 0.25) is 0 Å². The van der Waals surface area contributed by atoms with Crippen LogP contribution in [0, 0.1) is 0 Å². The molecular formula is C19H19F3N4O3S. The zero-order valence-corrected chi connectivity index (χ0v) is 16.9. The smallest absolute Gasteiger partial charge is 0.406 e. The SMILES string of the molecule is CC(C)c1cc(OC(F)(F)F)ccc1S(=O)NCc1ccn2ncc(C(N)=O)c2c1. The van der Waals surface area contributed by atoms with Crippen LogP contribution in [0.4, 0.5) is 13.2 Å². The maximum Gasteiger partial charge on any atom is 0.573 e. The number of rotatable bonds is 7. The molecule has 3 N–H and O–H groups in total. The van der Waals surface area contributed by atoms with Crippen molar-refractivity contribution in [3.63, 3.8) is 0 Å². The molecule has 7 nitrogen and oxygen atoms in total. The van der Waals surface area contributed by atoms with Gasteiger partial charge in [0.05, 0.1) is 22.2 Å². The van der Waals surface area contributed by atoms with Crippen LogP contribution in [-0.2, 0) is 17.5 Å². The molecule has 1 aromatic carbocycles. The van der Waals surface area contributed by atoms with Gasteiger partial charge in [0, 0.05) is 12.7 Å². The summed E-state index contributed by atoms with van der Waals surface area (Å²) >= 11 is 0. The number of hydrogen-bond donors (Lipinski definition) is 2. The molecule has 3 rings (SSSR count). The lowest BCUT2D eigenvalue weighted by atomic mass is 10.0. The average Bonchev–Trinajstić information content (AvgIpc) is 3.08. The number of amides is 1. The van der Waals surface area contributed by atoms with E-state index in [1.54, 1.807) is 32.2 Å². The number of fused-ring (bicyclic) bond motifs is 1. The molecule has 0 aliphatic heterocycles. The van der Waals surface area contributed by atoms with Gasteiger partial charge in [0.25, 0.3) is 5.91 Å². The first-order valence-corrected chi connectivity index (χ1v) is 10.0.